The van der Waals surface area contributed by atoms with Gasteiger partial charge in [0.25, 0.3) is 0 Å². The van der Waals surface area contributed by atoms with Gasteiger partial charge in [0.2, 0.25) is 10.0 Å². The molecule has 1 aliphatic heterocycles. The Balaban J connectivity index is 2.24. The first-order valence-corrected chi connectivity index (χ1v) is 11.5. The number of benzene rings is 1. The van der Waals surface area contributed by atoms with Gasteiger partial charge in [0.05, 0.1) is 27.3 Å². The third kappa shape index (κ3) is 4.82. The van der Waals surface area contributed by atoms with E-state index >= 15 is 0 Å². The molecule has 0 N–H and O–H groups in total. The first-order valence-electron chi connectivity index (χ1n) is 7.28. The highest BCUT2D eigenvalue weighted by Crippen LogP contribution is 2.26. The average molecular weight is 400 g/mol. The van der Waals surface area contributed by atoms with Crippen molar-refractivity contribution in [2.75, 3.05) is 18.1 Å². The fourth-order valence-electron chi connectivity index (χ4n) is 2.69. The van der Waals surface area contributed by atoms with Crippen LogP contribution in [0.15, 0.2) is 18.2 Å². The normalized spacial score (nSPS) is 21.0. The zero-order chi connectivity index (χ0) is 17.3. The van der Waals surface area contributed by atoms with E-state index < -0.39 is 25.9 Å². The van der Waals surface area contributed by atoms with Gasteiger partial charge in [-0.15, -0.1) is 0 Å². The number of rotatable bonds is 6. The molecule has 0 aromatic heterocycles. The maximum atomic E-state index is 12.7. The van der Waals surface area contributed by atoms with Crippen LogP contribution in [0, 0.1) is 0 Å². The molecule has 1 aliphatic rings. The van der Waals surface area contributed by atoms with Crippen LogP contribution in [-0.2, 0) is 25.6 Å². The molecule has 1 aromatic rings. The van der Waals surface area contributed by atoms with E-state index in [4.69, 9.17) is 23.2 Å². The standard InChI is InChI=1S/C14H19Cl2NO4S2/c1-2-6-17(12-5-7-22(18,19)10-12)23(20,21)9-11-3-4-13(15)14(16)8-11/h3-4,8,12H,2,5-7,9-10H2,1H3. The second-order valence-corrected chi connectivity index (χ2v) is 10.6. The van der Waals surface area contributed by atoms with Gasteiger partial charge in [0.1, 0.15) is 0 Å². The number of hydrogen-bond acceptors (Lipinski definition) is 4. The number of sulfonamides is 1. The second kappa shape index (κ2) is 7.27. The zero-order valence-corrected chi connectivity index (χ0v) is 15.8. The predicted octanol–water partition coefficient (Wildman–Crippen LogP) is 2.72. The van der Waals surface area contributed by atoms with Crippen molar-refractivity contribution in [1.82, 2.24) is 4.31 Å². The first kappa shape index (κ1) is 19.0. The van der Waals surface area contributed by atoms with Crippen LogP contribution in [0.2, 0.25) is 10.0 Å². The third-order valence-electron chi connectivity index (χ3n) is 3.75. The molecule has 0 aliphatic carbocycles. The Morgan fingerprint density at radius 3 is 2.48 bits per heavy atom. The first-order chi connectivity index (χ1) is 10.6. The smallest absolute Gasteiger partial charge is 0.218 e. The Morgan fingerprint density at radius 2 is 1.96 bits per heavy atom. The van der Waals surface area contributed by atoms with Crippen molar-refractivity contribution in [2.24, 2.45) is 0 Å². The van der Waals surface area contributed by atoms with Crippen LogP contribution in [0.25, 0.3) is 0 Å². The lowest BCUT2D eigenvalue weighted by molar-refractivity contribution is 0.340. The molecule has 0 saturated carbocycles. The number of hydrogen-bond donors (Lipinski definition) is 0. The summed E-state index contributed by atoms with van der Waals surface area (Å²) in [6.07, 6.45) is 0.972. The highest BCUT2D eigenvalue weighted by molar-refractivity contribution is 7.92. The maximum Gasteiger partial charge on any atom is 0.218 e. The van der Waals surface area contributed by atoms with Gasteiger partial charge < -0.3 is 0 Å². The molecule has 0 amide bonds. The lowest BCUT2D eigenvalue weighted by Crippen LogP contribution is -2.42. The summed E-state index contributed by atoms with van der Waals surface area (Å²) in [6.45, 7) is 2.18. The summed E-state index contributed by atoms with van der Waals surface area (Å²) in [7, 11) is -6.78. The monoisotopic (exact) mass is 399 g/mol. The maximum absolute atomic E-state index is 12.7. The largest absolute Gasteiger partial charge is 0.229 e. The van der Waals surface area contributed by atoms with Gasteiger partial charge in [-0.3, -0.25) is 0 Å². The molecule has 1 fully saturated rings. The van der Waals surface area contributed by atoms with Gasteiger partial charge >= 0.3 is 0 Å². The number of nitrogens with zero attached hydrogens (tertiary/aromatic N) is 1. The molecule has 1 heterocycles. The third-order valence-corrected chi connectivity index (χ3v) is 8.13. The van der Waals surface area contributed by atoms with E-state index in [0.717, 1.165) is 0 Å². The fraction of sp³-hybridized carbons (Fsp3) is 0.571. The lowest BCUT2D eigenvalue weighted by atomic mass is 10.2. The summed E-state index contributed by atoms with van der Waals surface area (Å²) in [5.41, 5.74) is 0.529. The van der Waals surface area contributed by atoms with Crippen molar-refractivity contribution >= 4 is 43.1 Å². The molecule has 1 atom stereocenters. The Kier molecular flexibility index (Phi) is 6.00. The van der Waals surface area contributed by atoms with Crippen LogP contribution < -0.4 is 0 Å². The predicted molar refractivity (Wildman–Crippen MR) is 93.1 cm³/mol. The van der Waals surface area contributed by atoms with E-state index in [1.807, 2.05) is 6.92 Å². The van der Waals surface area contributed by atoms with Gasteiger partial charge in [-0.05, 0) is 30.5 Å². The van der Waals surface area contributed by atoms with Gasteiger partial charge in [0.15, 0.2) is 9.84 Å². The van der Waals surface area contributed by atoms with Crippen molar-refractivity contribution in [3.05, 3.63) is 33.8 Å². The van der Waals surface area contributed by atoms with Crippen LogP contribution in [0.1, 0.15) is 25.3 Å². The van der Waals surface area contributed by atoms with Gasteiger partial charge in [0, 0.05) is 12.6 Å². The minimum absolute atomic E-state index is 0.0418. The average Bonchev–Trinajstić information content (AvgIpc) is 2.79. The summed E-state index contributed by atoms with van der Waals surface area (Å²) in [4.78, 5) is 0. The van der Waals surface area contributed by atoms with Crippen molar-refractivity contribution in [1.29, 1.82) is 0 Å². The Hall–Kier alpha value is -0.340. The minimum Gasteiger partial charge on any atom is -0.229 e. The zero-order valence-electron chi connectivity index (χ0n) is 12.7. The summed E-state index contributed by atoms with van der Waals surface area (Å²) < 4.78 is 50.1. The summed E-state index contributed by atoms with van der Waals surface area (Å²) >= 11 is 11.8. The molecule has 0 bridgehead atoms. The minimum atomic E-state index is -3.63. The molecular formula is C14H19Cl2NO4S2. The summed E-state index contributed by atoms with van der Waals surface area (Å²) in [5.74, 6) is -0.284. The second-order valence-electron chi connectivity index (χ2n) is 5.67. The van der Waals surface area contributed by atoms with E-state index in [1.54, 1.807) is 12.1 Å². The van der Waals surface area contributed by atoms with Gasteiger partial charge in [-0.2, -0.15) is 4.31 Å². The van der Waals surface area contributed by atoms with Gasteiger partial charge in [-0.25, -0.2) is 16.8 Å². The molecule has 130 valence electrons. The van der Waals surface area contributed by atoms with E-state index in [9.17, 15) is 16.8 Å². The van der Waals surface area contributed by atoms with Crippen molar-refractivity contribution in [3.8, 4) is 0 Å². The summed E-state index contributed by atoms with van der Waals surface area (Å²) in [6, 6.07) is 4.21. The molecular weight excluding hydrogens is 381 g/mol. The Labute approximate surface area is 147 Å². The fourth-order valence-corrected chi connectivity index (χ4v) is 6.70. The molecule has 1 aromatic carbocycles. The summed E-state index contributed by atoms with van der Waals surface area (Å²) in [5, 5.41) is 0.657. The van der Waals surface area contributed by atoms with Crippen molar-refractivity contribution < 1.29 is 16.8 Å². The highest BCUT2D eigenvalue weighted by atomic mass is 35.5. The van der Waals surface area contributed by atoms with Crippen LogP contribution in [0.3, 0.4) is 0 Å². The Bertz CT molecular complexity index is 778. The van der Waals surface area contributed by atoms with Crippen LogP contribution in [0.4, 0.5) is 0 Å². The Morgan fingerprint density at radius 1 is 1.26 bits per heavy atom. The topological polar surface area (TPSA) is 71.5 Å². The van der Waals surface area contributed by atoms with Crippen LogP contribution in [0.5, 0.6) is 0 Å². The van der Waals surface area contributed by atoms with E-state index in [1.165, 1.54) is 10.4 Å². The van der Waals surface area contributed by atoms with E-state index in [2.05, 4.69) is 0 Å². The number of sulfone groups is 1. The van der Waals surface area contributed by atoms with Crippen LogP contribution in [-0.4, -0.2) is 45.2 Å². The molecule has 0 spiro atoms. The molecule has 5 nitrogen and oxygen atoms in total. The molecule has 9 heteroatoms. The molecule has 23 heavy (non-hydrogen) atoms. The van der Waals surface area contributed by atoms with E-state index in [-0.39, 0.29) is 17.3 Å². The van der Waals surface area contributed by atoms with E-state index in [0.29, 0.717) is 35.0 Å². The van der Waals surface area contributed by atoms with Gasteiger partial charge in [-0.1, -0.05) is 36.2 Å². The molecule has 2 rings (SSSR count). The SMILES string of the molecule is CCCN(C1CCS(=O)(=O)C1)S(=O)(=O)Cc1ccc(Cl)c(Cl)c1. The molecule has 0 radical (unpaired) electrons. The lowest BCUT2D eigenvalue weighted by Gasteiger charge is -2.27. The quantitative estimate of drug-likeness (QED) is 0.736. The van der Waals surface area contributed by atoms with Crippen molar-refractivity contribution in [2.45, 2.75) is 31.6 Å². The highest BCUT2D eigenvalue weighted by Gasteiger charge is 2.37. The molecule has 1 saturated heterocycles. The van der Waals surface area contributed by atoms with Crippen molar-refractivity contribution in [3.63, 3.8) is 0 Å². The molecule has 1 unspecified atom stereocenters. The van der Waals surface area contributed by atoms with Crippen LogP contribution >= 0.6 is 23.2 Å². The number of halogens is 2.